The Bertz CT molecular complexity index is 230. The second-order valence-corrected chi connectivity index (χ2v) is 3.30. The topological polar surface area (TPSA) is 43.1 Å². The van der Waals surface area contributed by atoms with Crippen molar-refractivity contribution in [2.75, 3.05) is 0 Å². The first-order valence-electron chi connectivity index (χ1n) is 3.59. The van der Waals surface area contributed by atoms with Gasteiger partial charge in [0.15, 0.2) is 5.78 Å². The molecular formula is C8H11NOS. The van der Waals surface area contributed by atoms with Crippen LogP contribution in [0, 0.1) is 0 Å². The van der Waals surface area contributed by atoms with E-state index in [0.717, 1.165) is 4.88 Å². The lowest BCUT2D eigenvalue weighted by Crippen LogP contribution is -2.28. The zero-order valence-corrected chi connectivity index (χ0v) is 7.23. The molecule has 2 N–H and O–H groups in total. The van der Waals surface area contributed by atoms with Crippen molar-refractivity contribution in [3.63, 3.8) is 0 Å². The first-order chi connectivity index (χ1) is 5.25. The molecule has 1 aromatic rings. The second-order valence-electron chi connectivity index (χ2n) is 2.36. The molecule has 1 heterocycles. The van der Waals surface area contributed by atoms with Gasteiger partial charge in [-0.25, -0.2) is 0 Å². The first-order valence-corrected chi connectivity index (χ1v) is 4.47. The molecule has 1 aromatic heterocycles. The Morgan fingerprint density at radius 1 is 1.82 bits per heavy atom. The fraction of sp³-hybridized carbons (Fsp3) is 0.375. The highest BCUT2D eigenvalue weighted by atomic mass is 32.1. The predicted octanol–water partition coefficient (Wildman–Crippen LogP) is 1.67. The van der Waals surface area contributed by atoms with E-state index >= 15 is 0 Å². The van der Waals surface area contributed by atoms with Gasteiger partial charge in [-0.1, -0.05) is 13.0 Å². The summed E-state index contributed by atoms with van der Waals surface area (Å²) in [5.74, 6) is 0.0579. The minimum atomic E-state index is -0.325. The van der Waals surface area contributed by atoms with Gasteiger partial charge < -0.3 is 5.73 Å². The highest BCUT2D eigenvalue weighted by Crippen LogP contribution is 2.11. The molecule has 3 heteroatoms. The summed E-state index contributed by atoms with van der Waals surface area (Å²) in [4.78, 5) is 12.1. The summed E-state index contributed by atoms with van der Waals surface area (Å²) >= 11 is 1.45. The van der Waals surface area contributed by atoms with Gasteiger partial charge >= 0.3 is 0 Å². The summed E-state index contributed by atoms with van der Waals surface area (Å²) in [6, 6.07) is 3.34. The van der Waals surface area contributed by atoms with Gasteiger partial charge in [0, 0.05) is 0 Å². The maximum atomic E-state index is 11.3. The van der Waals surface area contributed by atoms with Crippen LogP contribution in [0.2, 0.25) is 0 Å². The molecule has 1 unspecified atom stereocenters. The Hall–Kier alpha value is -0.670. The SMILES string of the molecule is CCC(N)C(=O)c1cccs1. The molecule has 0 amide bonds. The molecule has 0 fully saturated rings. The predicted molar refractivity (Wildman–Crippen MR) is 46.9 cm³/mol. The number of carbonyl (C=O) groups is 1. The largest absolute Gasteiger partial charge is 0.321 e. The number of ketones is 1. The Kier molecular flexibility index (Phi) is 2.79. The average molecular weight is 169 g/mol. The van der Waals surface area contributed by atoms with E-state index in [9.17, 15) is 4.79 Å². The van der Waals surface area contributed by atoms with Crippen LogP contribution in [0.15, 0.2) is 17.5 Å². The third-order valence-electron chi connectivity index (χ3n) is 1.54. The van der Waals surface area contributed by atoms with E-state index in [1.54, 1.807) is 0 Å². The van der Waals surface area contributed by atoms with Gasteiger partial charge in [-0.05, 0) is 17.9 Å². The molecule has 1 atom stereocenters. The third kappa shape index (κ3) is 1.88. The monoisotopic (exact) mass is 169 g/mol. The Morgan fingerprint density at radius 2 is 2.55 bits per heavy atom. The zero-order valence-electron chi connectivity index (χ0n) is 6.41. The Morgan fingerprint density at radius 3 is 3.00 bits per heavy atom. The van der Waals surface area contributed by atoms with Crippen molar-refractivity contribution in [2.24, 2.45) is 5.73 Å². The van der Waals surface area contributed by atoms with Crippen molar-refractivity contribution in [2.45, 2.75) is 19.4 Å². The summed E-state index contributed by atoms with van der Waals surface area (Å²) in [5.41, 5.74) is 5.56. The van der Waals surface area contributed by atoms with E-state index in [2.05, 4.69) is 0 Å². The normalized spacial score (nSPS) is 12.9. The van der Waals surface area contributed by atoms with Crippen LogP contribution >= 0.6 is 11.3 Å². The van der Waals surface area contributed by atoms with Crippen molar-refractivity contribution in [3.8, 4) is 0 Å². The number of nitrogens with two attached hydrogens (primary N) is 1. The fourth-order valence-corrected chi connectivity index (χ4v) is 1.52. The molecule has 0 aliphatic heterocycles. The van der Waals surface area contributed by atoms with E-state index in [-0.39, 0.29) is 11.8 Å². The molecule has 0 saturated carbocycles. The molecule has 0 bridgehead atoms. The van der Waals surface area contributed by atoms with E-state index in [1.807, 2.05) is 24.4 Å². The average Bonchev–Trinajstić information content (AvgIpc) is 2.53. The molecule has 2 nitrogen and oxygen atoms in total. The standard InChI is InChI=1S/C8H11NOS/c1-2-6(9)8(10)7-4-3-5-11-7/h3-6H,2,9H2,1H3. The quantitative estimate of drug-likeness (QED) is 0.699. The minimum Gasteiger partial charge on any atom is -0.321 e. The lowest BCUT2D eigenvalue weighted by Gasteiger charge is -2.03. The number of Topliss-reactive ketones (excluding diaryl/α,β-unsaturated/α-hetero) is 1. The summed E-state index contributed by atoms with van der Waals surface area (Å²) in [6.45, 7) is 1.91. The molecule has 0 spiro atoms. The van der Waals surface area contributed by atoms with E-state index in [1.165, 1.54) is 11.3 Å². The van der Waals surface area contributed by atoms with Gasteiger partial charge in [-0.15, -0.1) is 11.3 Å². The maximum absolute atomic E-state index is 11.3. The fourth-order valence-electron chi connectivity index (χ4n) is 0.787. The number of thiophene rings is 1. The van der Waals surface area contributed by atoms with Gasteiger partial charge in [0.1, 0.15) is 0 Å². The van der Waals surface area contributed by atoms with E-state index in [0.29, 0.717) is 6.42 Å². The molecule has 11 heavy (non-hydrogen) atoms. The third-order valence-corrected chi connectivity index (χ3v) is 2.43. The first kappa shape index (κ1) is 8.43. The van der Waals surface area contributed by atoms with Gasteiger partial charge in [-0.3, -0.25) is 4.79 Å². The lowest BCUT2D eigenvalue weighted by molar-refractivity contribution is 0.0963. The molecule has 0 aromatic carbocycles. The summed E-state index contributed by atoms with van der Waals surface area (Å²) < 4.78 is 0. The Labute approximate surface area is 70.0 Å². The van der Waals surface area contributed by atoms with Crippen LogP contribution < -0.4 is 5.73 Å². The highest BCUT2D eigenvalue weighted by molar-refractivity contribution is 7.12. The van der Waals surface area contributed by atoms with Crippen molar-refractivity contribution in [3.05, 3.63) is 22.4 Å². The van der Waals surface area contributed by atoms with Crippen molar-refractivity contribution in [1.29, 1.82) is 0 Å². The molecule has 0 saturated heterocycles. The van der Waals surface area contributed by atoms with Crippen LogP contribution in [0.1, 0.15) is 23.0 Å². The molecular weight excluding hydrogens is 158 g/mol. The van der Waals surface area contributed by atoms with Gasteiger partial charge in [-0.2, -0.15) is 0 Å². The molecule has 0 aliphatic carbocycles. The Balaban J connectivity index is 2.70. The molecule has 60 valence electrons. The van der Waals surface area contributed by atoms with Crippen LogP contribution in [0.3, 0.4) is 0 Å². The van der Waals surface area contributed by atoms with Crippen LogP contribution in [0.25, 0.3) is 0 Å². The minimum absolute atomic E-state index is 0.0579. The van der Waals surface area contributed by atoms with Gasteiger partial charge in [0.25, 0.3) is 0 Å². The van der Waals surface area contributed by atoms with Gasteiger partial charge in [0.05, 0.1) is 10.9 Å². The van der Waals surface area contributed by atoms with Crippen molar-refractivity contribution >= 4 is 17.1 Å². The summed E-state index contributed by atoms with van der Waals surface area (Å²) in [5, 5.41) is 1.88. The van der Waals surface area contributed by atoms with Crippen molar-refractivity contribution in [1.82, 2.24) is 0 Å². The maximum Gasteiger partial charge on any atom is 0.189 e. The number of rotatable bonds is 3. The van der Waals surface area contributed by atoms with Crippen LogP contribution in [-0.4, -0.2) is 11.8 Å². The molecule has 1 rings (SSSR count). The summed E-state index contributed by atoms with van der Waals surface area (Å²) in [7, 11) is 0. The highest BCUT2D eigenvalue weighted by Gasteiger charge is 2.13. The van der Waals surface area contributed by atoms with Crippen LogP contribution in [-0.2, 0) is 0 Å². The van der Waals surface area contributed by atoms with Crippen LogP contribution in [0.5, 0.6) is 0 Å². The van der Waals surface area contributed by atoms with E-state index < -0.39 is 0 Å². The molecule has 0 aliphatic rings. The smallest absolute Gasteiger partial charge is 0.189 e. The van der Waals surface area contributed by atoms with E-state index in [4.69, 9.17) is 5.73 Å². The summed E-state index contributed by atoms with van der Waals surface area (Å²) in [6.07, 6.45) is 0.705. The number of hydrogen-bond donors (Lipinski definition) is 1. The second kappa shape index (κ2) is 3.64. The lowest BCUT2D eigenvalue weighted by atomic mass is 10.1. The molecule has 0 radical (unpaired) electrons. The van der Waals surface area contributed by atoms with Gasteiger partial charge in [0.2, 0.25) is 0 Å². The van der Waals surface area contributed by atoms with Crippen LogP contribution in [0.4, 0.5) is 0 Å². The van der Waals surface area contributed by atoms with Crippen molar-refractivity contribution < 1.29 is 4.79 Å². The number of carbonyl (C=O) groups excluding carboxylic acids is 1. The number of hydrogen-bond acceptors (Lipinski definition) is 3. The zero-order chi connectivity index (χ0) is 8.27.